The number of aromatic nitrogens is 1. The second-order valence-electron chi connectivity index (χ2n) is 10.1. The van der Waals surface area contributed by atoms with E-state index < -0.39 is 21.2 Å². The molecule has 0 radical (unpaired) electrons. The molecule has 0 bridgehead atoms. The fraction of sp³-hybridized carbons (Fsp3) is 0.577. The molecule has 1 aromatic heterocycles. The molecule has 1 aromatic carbocycles. The largest absolute Gasteiger partial charge is 0.447 e. The van der Waals surface area contributed by atoms with Gasteiger partial charge in [0.2, 0.25) is 0 Å². The Morgan fingerprint density at radius 1 is 0.973 bits per heavy atom. The van der Waals surface area contributed by atoms with Crippen LogP contribution in [0.15, 0.2) is 29.3 Å². The minimum atomic E-state index is -3.65. The normalized spacial score (nSPS) is 18.2. The number of anilines is 1. The summed E-state index contributed by atoms with van der Waals surface area (Å²) >= 11 is 1.49. The molecule has 1 aliphatic carbocycles. The highest BCUT2D eigenvalue weighted by molar-refractivity contribution is 7.92. The van der Waals surface area contributed by atoms with Crippen molar-refractivity contribution in [3.8, 4) is 10.4 Å². The van der Waals surface area contributed by atoms with Gasteiger partial charge in [0.25, 0.3) is 0 Å². The van der Waals surface area contributed by atoms with Gasteiger partial charge in [-0.2, -0.15) is 0 Å². The van der Waals surface area contributed by atoms with E-state index in [9.17, 15) is 18.0 Å². The first-order valence-electron chi connectivity index (χ1n) is 12.7. The van der Waals surface area contributed by atoms with E-state index in [4.69, 9.17) is 9.47 Å². The van der Waals surface area contributed by atoms with Crippen LogP contribution in [0.5, 0.6) is 0 Å². The minimum absolute atomic E-state index is 0.0761. The van der Waals surface area contributed by atoms with Crippen molar-refractivity contribution in [1.82, 2.24) is 10.3 Å². The van der Waals surface area contributed by atoms with Crippen molar-refractivity contribution in [1.29, 1.82) is 0 Å². The zero-order chi connectivity index (χ0) is 27.3. The molecular weight excluding hydrogens is 514 g/mol. The molecule has 1 fully saturated rings. The molecule has 204 valence electrons. The van der Waals surface area contributed by atoms with Crippen LogP contribution in [0.3, 0.4) is 0 Å². The first-order chi connectivity index (χ1) is 17.4. The highest BCUT2D eigenvalue weighted by Crippen LogP contribution is 2.40. The van der Waals surface area contributed by atoms with Crippen LogP contribution in [0.1, 0.15) is 78.2 Å². The summed E-state index contributed by atoms with van der Waals surface area (Å²) in [6.45, 7) is 10.4. The quantitative estimate of drug-likeness (QED) is 0.406. The van der Waals surface area contributed by atoms with Crippen LogP contribution in [0.4, 0.5) is 15.3 Å². The molecule has 2 aromatic rings. The number of ether oxygens (including phenoxy) is 2. The molecule has 0 spiro atoms. The third-order valence-corrected chi connectivity index (χ3v) is 9.41. The molecule has 1 aliphatic rings. The van der Waals surface area contributed by atoms with Gasteiger partial charge in [0.15, 0.2) is 9.84 Å². The summed E-state index contributed by atoms with van der Waals surface area (Å²) in [7, 11) is -3.65. The number of amides is 2. The van der Waals surface area contributed by atoms with Crippen LogP contribution in [0.25, 0.3) is 10.4 Å². The van der Waals surface area contributed by atoms with E-state index in [1.807, 2.05) is 13.8 Å². The summed E-state index contributed by atoms with van der Waals surface area (Å²) in [6, 6.07) is 4.94. The topological polar surface area (TPSA) is 124 Å². The SMILES string of the molecule is CC(C)OC(=O)Nc1ccc(-c2cnc(C3CCC(NC(=O)OC(C)C)CC3)s2)c(S(=O)(=O)C(C)C)c1. The van der Waals surface area contributed by atoms with Gasteiger partial charge in [-0.15, -0.1) is 11.3 Å². The number of hydrogen-bond donors (Lipinski definition) is 2. The number of thiazole rings is 1. The number of alkyl carbamates (subject to hydrolysis) is 1. The summed E-state index contributed by atoms with van der Waals surface area (Å²) in [6.07, 6.45) is 3.64. The highest BCUT2D eigenvalue weighted by Gasteiger charge is 2.28. The average Bonchev–Trinajstić information content (AvgIpc) is 3.28. The third kappa shape index (κ3) is 7.67. The Labute approximate surface area is 223 Å². The maximum absolute atomic E-state index is 13.2. The average molecular weight is 552 g/mol. The lowest BCUT2D eigenvalue weighted by atomic mass is 9.86. The molecule has 0 aliphatic heterocycles. The van der Waals surface area contributed by atoms with E-state index in [1.54, 1.807) is 46.0 Å². The van der Waals surface area contributed by atoms with Gasteiger partial charge in [0, 0.05) is 29.4 Å². The Balaban J connectivity index is 1.79. The van der Waals surface area contributed by atoms with Crippen molar-refractivity contribution in [2.75, 3.05) is 5.32 Å². The molecule has 11 heteroatoms. The van der Waals surface area contributed by atoms with Crippen molar-refractivity contribution in [2.45, 2.75) is 102 Å². The highest BCUT2D eigenvalue weighted by atomic mass is 32.2. The molecule has 1 saturated carbocycles. The molecule has 9 nitrogen and oxygen atoms in total. The first-order valence-corrected chi connectivity index (χ1v) is 15.0. The van der Waals surface area contributed by atoms with Crippen LogP contribution in [0, 0.1) is 0 Å². The molecular formula is C26H37N3O6S2. The molecule has 0 atom stereocenters. The van der Waals surface area contributed by atoms with Crippen molar-refractivity contribution in [2.24, 2.45) is 0 Å². The number of sulfone groups is 1. The lowest BCUT2D eigenvalue weighted by Gasteiger charge is -2.28. The lowest BCUT2D eigenvalue weighted by Crippen LogP contribution is -2.38. The van der Waals surface area contributed by atoms with Crippen molar-refractivity contribution in [3.05, 3.63) is 29.4 Å². The number of carbonyl (C=O) groups is 2. The molecule has 2 amide bonds. The smallest absolute Gasteiger partial charge is 0.411 e. The Morgan fingerprint density at radius 3 is 2.19 bits per heavy atom. The van der Waals surface area contributed by atoms with Crippen molar-refractivity contribution in [3.63, 3.8) is 0 Å². The Hall–Kier alpha value is -2.66. The van der Waals surface area contributed by atoms with E-state index in [2.05, 4.69) is 15.6 Å². The summed E-state index contributed by atoms with van der Waals surface area (Å²) in [5.41, 5.74) is 0.909. The standard InChI is InChI=1S/C26H37N3O6S2/c1-15(2)34-25(30)28-19-9-7-18(8-10-19)24-27-14-22(36-24)21-12-11-20(29-26(31)35-16(3)4)13-23(21)37(32,33)17(5)6/h11-19H,7-10H2,1-6H3,(H,28,30)(H,29,31). The number of rotatable bonds is 8. The summed E-state index contributed by atoms with van der Waals surface area (Å²) in [5, 5.41) is 5.86. The number of benzene rings is 1. The number of hydrogen-bond acceptors (Lipinski definition) is 8. The van der Waals surface area contributed by atoms with Gasteiger partial charge in [-0.05, 0) is 79.4 Å². The van der Waals surface area contributed by atoms with Crippen molar-refractivity contribution >= 4 is 39.0 Å². The monoisotopic (exact) mass is 551 g/mol. The second kappa shape index (κ2) is 12.3. The Morgan fingerprint density at radius 2 is 1.59 bits per heavy atom. The van der Waals surface area contributed by atoms with E-state index in [0.717, 1.165) is 35.6 Å². The van der Waals surface area contributed by atoms with E-state index >= 15 is 0 Å². The van der Waals surface area contributed by atoms with Gasteiger partial charge in [0.1, 0.15) is 0 Å². The van der Waals surface area contributed by atoms with Gasteiger partial charge in [-0.1, -0.05) is 6.07 Å². The van der Waals surface area contributed by atoms with E-state index in [1.165, 1.54) is 17.4 Å². The van der Waals surface area contributed by atoms with Gasteiger partial charge in [0.05, 0.1) is 32.2 Å². The predicted molar refractivity (Wildman–Crippen MR) is 145 cm³/mol. The molecule has 2 N–H and O–H groups in total. The first kappa shape index (κ1) is 28.9. The summed E-state index contributed by atoms with van der Waals surface area (Å²) in [4.78, 5) is 29.5. The van der Waals surface area contributed by atoms with Crippen LogP contribution < -0.4 is 10.6 Å². The lowest BCUT2D eigenvalue weighted by molar-refractivity contribution is 0.109. The fourth-order valence-corrected chi connectivity index (χ4v) is 6.63. The minimum Gasteiger partial charge on any atom is -0.447 e. The fourth-order valence-electron chi connectivity index (χ4n) is 4.15. The van der Waals surface area contributed by atoms with Crippen LogP contribution in [-0.4, -0.2) is 49.1 Å². The summed E-state index contributed by atoms with van der Waals surface area (Å²) < 4.78 is 36.8. The molecule has 37 heavy (non-hydrogen) atoms. The summed E-state index contributed by atoms with van der Waals surface area (Å²) in [5.74, 6) is 0.245. The zero-order valence-electron chi connectivity index (χ0n) is 22.2. The van der Waals surface area contributed by atoms with Gasteiger partial charge in [-0.3, -0.25) is 5.32 Å². The van der Waals surface area contributed by atoms with Crippen LogP contribution in [-0.2, 0) is 19.3 Å². The predicted octanol–water partition coefficient (Wildman–Crippen LogP) is 6.11. The number of nitrogens with one attached hydrogen (secondary N) is 2. The number of carbonyl (C=O) groups excluding carboxylic acids is 2. The maximum atomic E-state index is 13.2. The third-order valence-electron chi connectivity index (χ3n) is 6.03. The van der Waals surface area contributed by atoms with Gasteiger partial charge in [-0.25, -0.2) is 23.0 Å². The van der Waals surface area contributed by atoms with E-state index in [-0.39, 0.29) is 35.2 Å². The Bertz CT molecular complexity index is 1200. The second-order valence-corrected chi connectivity index (χ2v) is 13.6. The maximum Gasteiger partial charge on any atom is 0.411 e. The zero-order valence-corrected chi connectivity index (χ0v) is 23.9. The Kier molecular flexibility index (Phi) is 9.57. The molecule has 0 unspecified atom stereocenters. The van der Waals surface area contributed by atoms with E-state index in [0.29, 0.717) is 11.3 Å². The molecule has 0 saturated heterocycles. The van der Waals surface area contributed by atoms with Crippen LogP contribution >= 0.6 is 11.3 Å². The molecule has 3 rings (SSSR count). The van der Waals surface area contributed by atoms with Crippen LogP contribution in [0.2, 0.25) is 0 Å². The van der Waals surface area contributed by atoms with Crippen molar-refractivity contribution < 1.29 is 27.5 Å². The van der Waals surface area contributed by atoms with Gasteiger partial charge < -0.3 is 14.8 Å². The number of nitrogens with zero attached hydrogens (tertiary/aromatic N) is 1. The molecule has 1 heterocycles. The van der Waals surface area contributed by atoms with Gasteiger partial charge >= 0.3 is 12.2 Å².